The maximum absolute atomic E-state index is 6.29. The van der Waals surface area contributed by atoms with E-state index in [0.717, 1.165) is 26.7 Å². The summed E-state index contributed by atoms with van der Waals surface area (Å²) in [5, 5.41) is 10.1. The van der Waals surface area contributed by atoms with Gasteiger partial charge in [-0.2, -0.15) is 0 Å². The summed E-state index contributed by atoms with van der Waals surface area (Å²) in [4.78, 5) is 0. The molecule has 1 heterocycles. The van der Waals surface area contributed by atoms with Crippen molar-refractivity contribution in [2.75, 3.05) is 5.73 Å². The molecule has 20 heavy (non-hydrogen) atoms. The van der Waals surface area contributed by atoms with Crippen LogP contribution in [0.25, 0.3) is 11.1 Å². The molecule has 0 bridgehead atoms. The highest BCUT2D eigenvalue weighted by atomic mass is 35.5. The van der Waals surface area contributed by atoms with E-state index in [4.69, 9.17) is 17.3 Å². The maximum atomic E-state index is 6.29. The summed E-state index contributed by atoms with van der Waals surface area (Å²) >= 11 is 7.71. The summed E-state index contributed by atoms with van der Waals surface area (Å²) in [6.07, 6.45) is 0.705. The molecular weight excluding hydrogens is 290 g/mol. The summed E-state index contributed by atoms with van der Waals surface area (Å²) in [6, 6.07) is 16.0. The molecule has 0 saturated heterocycles. The topological polar surface area (TPSA) is 51.8 Å². The average Bonchev–Trinajstić information content (AvgIpc) is 2.86. The van der Waals surface area contributed by atoms with Crippen LogP contribution in [-0.4, -0.2) is 10.2 Å². The van der Waals surface area contributed by atoms with Crippen molar-refractivity contribution in [3.63, 3.8) is 0 Å². The molecule has 100 valence electrons. The minimum Gasteiger partial charge on any atom is -0.374 e. The zero-order chi connectivity index (χ0) is 13.9. The third-order valence-electron chi connectivity index (χ3n) is 3.01. The number of aromatic nitrogens is 2. The van der Waals surface area contributed by atoms with Crippen LogP contribution in [0, 0.1) is 0 Å². The smallest absolute Gasteiger partial charge is 0.203 e. The van der Waals surface area contributed by atoms with Gasteiger partial charge in [0.15, 0.2) is 0 Å². The highest BCUT2D eigenvalue weighted by Gasteiger charge is 2.10. The minimum absolute atomic E-state index is 0.496. The number of hydrogen-bond acceptors (Lipinski definition) is 4. The van der Waals surface area contributed by atoms with Crippen molar-refractivity contribution in [1.29, 1.82) is 0 Å². The van der Waals surface area contributed by atoms with E-state index < -0.39 is 0 Å². The number of nitrogens with zero attached hydrogens (tertiary/aromatic N) is 2. The van der Waals surface area contributed by atoms with Crippen LogP contribution in [0.4, 0.5) is 5.13 Å². The van der Waals surface area contributed by atoms with Crippen LogP contribution in [0.15, 0.2) is 48.5 Å². The Labute approximate surface area is 126 Å². The Kier molecular flexibility index (Phi) is 3.67. The van der Waals surface area contributed by atoms with Gasteiger partial charge < -0.3 is 5.73 Å². The van der Waals surface area contributed by atoms with Gasteiger partial charge in [-0.05, 0) is 17.2 Å². The van der Waals surface area contributed by atoms with Gasteiger partial charge in [0, 0.05) is 17.0 Å². The van der Waals surface area contributed by atoms with Crippen LogP contribution in [0.5, 0.6) is 0 Å². The number of nitrogen functional groups attached to an aromatic ring is 1. The monoisotopic (exact) mass is 301 g/mol. The van der Waals surface area contributed by atoms with Crippen molar-refractivity contribution in [2.24, 2.45) is 0 Å². The fourth-order valence-electron chi connectivity index (χ4n) is 2.12. The average molecular weight is 302 g/mol. The second-order valence-corrected chi connectivity index (χ2v) is 5.85. The van der Waals surface area contributed by atoms with E-state index in [9.17, 15) is 0 Å². The summed E-state index contributed by atoms with van der Waals surface area (Å²) in [7, 11) is 0. The molecule has 0 unspecified atom stereocenters. The summed E-state index contributed by atoms with van der Waals surface area (Å²) in [5.74, 6) is 0. The van der Waals surface area contributed by atoms with Crippen molar-refractivity contribution in [3.8, 4) is 11.1 Å². The maximum Gasteiger partial charge on any atom is 0.203 e. The minimum atomic E-state index is 0.496. The Hall–Kier alpha value is -1.91. The van der Waals surface area contributed by atoms with E-state index in [2.05, 4.69) is 22.3 Å². The van der Waals surface area contributed by atoms with Crippen LogP contribution < -0.4 is 5.73 Å². The van der Waals surface area contributed by atoms with Crippen LogP contribution in [-0.2, 0) is 6.42 Å². The first-order valence-corrected chi connectivity index (χ1v) is 7.34. The molecule has 3 nitrogen and oxygen atoms in total. The molecule has 0 atom stereocenters. The predicted octanol–water partition coefficient (Wildman–Crippen LogP) is 4.03. The number of anilines is 1. The van der Waals surface area contributed by atoms with Gasteiger partial charge in [-0.15, -0.1) is 10.2 Å². The van der Waals surface area contributed by atoms with Crippen molar-refractivity contribution in [1.82, 2.24) is 10.2 Å². The summed E-state index contributed by atoms with van der Waals surface area (Å²) < 4.78 is 0. The third-order valence-corrected chi connectivity index (χ3v) is 4.09. The van der Waals surface area contributed by atoms with Gasteiger partial charge >= 0.3 is 0 Å². The lowest BCUT2D eigenvalue weighted by Gasteiger charge is -2.09. The summed E-state index contributed by atoms with van der Waals surface area (Å²) in [5.41, 5.74) is 8.94. The molecular formula is C15H12ClN3S. The van der Waals surface area contributed by atoms with E-state index in [1.165, 1.54) is 11.3 Å². The molecule has 3 aromatic rings. The van der Waals surface area contributed by atoms with E-state index in [1.54, 1.807) is 0 Å². The number of hydrogen-bond donors (Lipinski definition) is 1. The number of nitrogens with two attached hydrogens (primary N) is 1. The molecule has 2 aromatic carbocycles. The van der Waals surface area contributed by atoms with Gasteiger partial charge in [-0.1, -0.05) is 65.4 Å². The van der Waals surface area contributed by atoms with Crippen LogP contribution in [0.1, 0.15) is 10.6 Å². The van der Waals surface area contributed by atoms with Crippen molar-refractivity contribution in [2.45, 2.75) is 6.42 Å². The molecule has 0 saturated carbocycles. The second kappa shape index (κ2) is 5.61. The predicted molar refractivity (Wildman–Crippen MR) is 84.0 cm³/mol. The molecule has 3 rings (SSSR count). The molecule has 0 radical (unpaired) electrons. The van der Waals surface area contributed by atoms with Gasteiger partial charge in [0.25, 0.3) is 0 Å². The Morgan fingerprint density at radius 1 is 0.950 bits per heavy atom. The Bertz CT molecular complexity index is 739. The Balaban J connectivity index is 2.02. The molecule has 5 heteroatoms. The molecule has 2 N–H and O–H groups in total. The lowest BCUT2D eigenvalue weighted by Crippen LogP contribution is -1.92. The first-order valence-electron chi connectivity index (χ1n) is 6.14. The quantitative estimate of drug-likeness (QED) is 0.794. The van der Waals surface area contributed by atoms with Gasteiger partial charge in [-0.25, -0.2) is 0 Å². The molecule has 0 fully saturated rings. The normalized spacial score (nSPS) is 10.7. The van der Waals surface area contributed by atoms with Crippen molar-refractivity contribution >= 4 is 28.1 Å². The number of benzene rings is 2. The Morgan fingerprint density at radius 2 is 1.65 bits per heavy atom. The van der Waals surface area contributed by atoms with E-state index in [0.29, 0.717) is 11.6 Å². The number of halogens is 1. The lowest BCUT2D eigenvalue weighted by atomic mass is 9.98. The van der Waals surface area contributed by atoms with Gasteiger partial charge in [0.2, 0.25) is 5.13 Å². The molecule has 0 aliphatic heterocycles. The zero-order valence-electron chi connectivity index (χ0n) is 10.6. The highest BCUT2D eigenvalue weighted by Crippen LogP contribution is 2.31. The SMILES string of the molecule is Nc1nnc(Cc2ccccc2-c2ccccc2Cl)s1. The number of rotatable bonds is 3. The van der Waals surface area contributed by atoms with Crippen LogP contribution in [0.2, 0.25) is 5.02 Å². The summed E-state index contributed by atoms with van der Waals surface area (Å²) in [6.45, 7) is 0. The first-order chi connectivity index (χ1) is 9.74. The molecule has 0 spiro atoms. The fourth-order valence-corrected chi connectivity index (χ4v) is 2.99. The van der Waals surface area contributed by atoms with Crippen molar-refractivity contribution in [3.05, 3.63) is 64.1 Å². The van der Waals surface area contributed by atoms with E-state index in [-0.39, 0.29) is 0 Å². The van der Waals surface area contributed by atoms with Crippen LogP contribution in [0.3, 0.4) is 0 Å². The zero-order valence-corrected chi connectivity index (χ0v) is 12.2. The lowest BCUT2D eigenvalue weighted by molar-refractivity contribution is 1.01. The fraction of sp³-hybridized carbons (Fsp3) is 0.0667. The second-order valence-electron chi connectivity index (χ2n) is 4.35. The van der Waals surface area contributed by atoms with E-state index in [1.807, 2.05) is 36.4 Å². The van der Waals surface area contributed by atoms with E-state index >= 15 is 0 Å². The highest BCUT2D eigenvalue weighted by molar-refractivity contribution is 7.15. The van der Waals surface area contributed by atoms with Gasteiger partial charge in [0.1, 0.15) is 5.01 Å². The standard InChI is InChI=1S/C15H12ClN3S/c16-13-8-4-3-7-12(13)11-6-2-1-5-10(11)9-14-18-19-15(17)20-14/h1-8H,9H2,(H2,17,19). The van der Waals surface area contributed by atoms with Crippen LogP contribution >= 0.6 is 22.9 Å². The molecule has 0 aliphatic rings. The van der Waals surface area contributed by atoms with Gasteiger partial charge in [-0.3, -0.25) is 0 Å². The largest absolute Gasteiger partial charge is 0.374 e. The Morgan fingerprint density at radius 3 is 2.35 bits per heavy atom. The third kappa shape index (κ3) is 2.66. The first kappa shape index (κ1) is 13.1. The molecule has 0 amide bonds. The molecule has 1 aromatic heterocycles. The van der Waals surface area contributed by atoms with Crippen molar-refractivity contribution < 1.29 is 0 Å². The molecule has 0 aliphatic carbocycles. The van der Waals surface area contributed by atoms with Gasteiger partial charge in [0.05, 0.1) is 0 Å².